The van der Waals surface area contributed by atoms with Gasteiger partial charge in [0.05, 0.1) is 13.2 Å². The van der Waals surface area contributed by atoms with E-state index in [1.54, 1.807) is 37.3 Å². The summed E-state index contributed by atoms with van der Waals surface area (Å²) >= 11 is 0. The molecule has 1 heterocycles. The molecule has 2 aromatic rings. The van der Waals surface area contributed by atoms with E-state index < -0.39 is 18.5 Å². The Morgan fingerprint density at radius 1 is 1.15 bits per heavy atom. The summed E-state index contributed by atoms with van der Waals surface area (Å²) in [5.74, 6) is -0.232. The summed E-state index contributed by atoms with van der Waals surface area (Å²) < 4.78 is 16.1. The third-order valence-electron chi connectivity index (χ3n) is 3.82. The van der Waals surface area contributed by atoms with Crippen LogP contribution in [0.15, 0.2) is 36.4 Å². The van der Waals surface area contributed by atoms with Crippen LogP contribution in [0.4, 0.5) is 5.69 Å². The maximum absolute atomic E-state index is 12.0. The van der Waals surface area contributed by atoms with Crippen molar-refractivity contribution in [3.8, 4) is 17.2 Å². The van der Waals surface area contributed by atoms with Crippen LogP contribution in [0.2, 0.25) is 0 Å². The lowest BCUT2D eigenvalue weighted by Gasteiger charge is -2.11. The molecule has 0 atom stereocenters. The third-order valence-corrected chi connectivity index (χ3v) is 3.82. The number of carbonyl (C=O) groups excluding carboxylic acids is 2. The highest BCUT2D eigenvalue weighted by Crippen LogP contribution is 2.32. The second kappa shape index (κ2) is 7.77. The highest BCUT2D eigenvalue weighted by Gasteiger charge is 2.16. The van der Waals surface area contributed by atoms with Gasteiger partial charge < -0.3 is 24.6 Å². The number of aryl methyl sites for hydroxylation is 1. The van der Waals surface area contributed by atoms with E-state index in [0.29, 0.717) is 36.0 Å². The number of rotatable bonds is 4. The predicted octanol–water partition coefficient (Wildman–Crippen LogP) is 2.66. The van der Waals surface area contributed by atoms with Gasteiger partial charge in [-0.2, -0.15) is 0 Å². The number of hydrogen-bond acceptors (Lipinski definition) is 6. The number of benzene rings is 2. The first kappa shape index (κ1) is 17.6. The maximum Gasteiger partial charge on any atom is 0.342 e. The van der Waals surface area contributed by atoms with Crippen molar-refractivity contribution < 1.29 is 28.9 Å². The van der Waals surface area contributed by atoms with Crippen LogP contribution in [0.1, 0.15) is 22.3 Å². The highest BCUT2D eigenvalue weighted by atomic mass is 16.5. The van der Waals surface area contributed by atoms with Crippen molar-refractivity contribution in [1.29, 1.82) is 0 Å². The number of nitrogens with one attached hydrogen (secondary N) is 1. The van der Waals surface area contributed by atoms with Crippen molar-refractivity contribution in [1.82, 2.24) is 0 Å². The van der Waals surface area contributed by atoms with Gasteiger partial charge in [0, 0.05) is 18.2 Å². The molecule has 2 aromatic carbocycles. The molecule has 0 bridgehead atoms. The van der Waals surface area contributed by atoms with E-state index in [9.17, 15) is 14.7 Å². The zero-order valence-electron chi connectivity index (χ0n) is 14.3. The predicted molar refractivity (Wildman–Crippen MR) is 93.8 cm³/mol. The number of phenols is 1. The first-order valence-corrected chi connectivity index (χ1v) is 8.20. The second-order valence-electron chi connectivity index (χ2n) is 5.81. The summed E-state index contributed by atoms with van der Waals surface area (Å²) in [6, 6.07) is 9.79. The number of amides is 1. The molecule has 0 saturated heterocycles. The molecule has 1 amide bonds. The van der Waals surface area contributed by atoms with Crippen molar-refractivity contribution in [3.05, 3.63) is 47.5 Å². The van der Waals surface area contributed by atoms with Gasteiger partial charge >= 0.3 is 5.97 Å². The molecule has 2 N–H and O–H groups in total. The maximum atomic E-state index is 12.0. The molecule has 26 heavy (non-hydrogen) atoms. The van der Waals surface area contributed by atoms with Crippen LogP contribution in [0.5, 0.6) is 17.2 Å². The summed E-state index contributed by atoms with van der Waals surface area (Å²) in [5.41, 5.74) is 1.08. The standard InChI is InChI=1S/C19H19NO6/c1-12-4-2-5-14(18(12)22)19(23)26-11-17(21)20-13-6-7-15-16(10-13)25-9-3-8-24-15/h2,4-7,10,22H,3,8-9,11H2,1H3,(H,20,21). The van der Waals surface area contributed by atoms with Crippen molar-refractivity contribution in [3.63, 3.8) is 0 Å². The Bertz CT molecular complexity index is 833. The summed E-state index contributed by atoms with van der Waals surface area (Å²) in [6.45, 7) is 2.33. The van der Waals surface area contributed by atoms with Crippen molar-refractivity contribution >= 4 is 17.6 Å². The Balaban J connectivity index is 1.58. The van der Waals surface area contributed by atoms with Gasteiger partial charge in [-0.1, -0.05) is 12.1 Å². The number of aromatic hydroxyl groups is 1. The molecule has 7 nitrogen and oxygen atoms in total. The minimum Gasteiger partial charge on any atom is -0.507 e. The number of phenolic OH excluding ortho intramolecular Hbond substituents is 1. The number of esters is 1. The zero-order valence-corrected chi connectivity index (χ0v) is 14.3. The van der Waals surface area contributed by atoms with Crippen LogP contribution >= 0.6 is 0 Å². The molecule has 0 fully saturated rings. The molecule has 0 saturated carbocycles. The first-order valence-electron chi connectivity index (χ1n) is 8.20. The monoisotopic (exact) mass is 357 g/mol. The average molecular weight is 357 g/mol. The van der Waals surface area contributed by atoms with E-state index in [1.807, 2.05) is 0 Å². The van der Waals surface area contributed by atoms with Gasteiger partial charge in [-0.15, -0.1) is 0 Å². The average Bonchev–Trinajstić information content (AvgIpc) is 2.87. The minimum atomic E-state index is -0.764. The summed E-state index contributed by atoms with van der Waals surface area (Å²) in [4.78, 5) is 24.0. The topological polar surface area (TPSA) is 94.1 Å². The third kappa shape index (κ3) is 4.05. The van der Waals surface area contributed by atoms with E-state index >= 15 is 0 Å². The van der Waals surface area contributed by atoms with Crippen LogP contribution in [0.25, 0.3) is 0 Å². The first-order chi connectivity index (χ1) is 12.5. The van der Waals surface area contributed by atoms with Crippen LogP contribution in [-0.4, -0.2) is 36.8 Å². The van der Waals surface area contributed by atoms with Crippen molar-refractivity contribution in [2.75, 3.05) is 25.1 Å². The largest absolute Gasteiger partial charge is 0.507 e. The number of para-hydroxylation sites is 1. The number of hydrogen-bond donors (Lipinski definition) is 2. The molecular formula is C19H19NO6. The Hall–Kier alpha value is -3.22. The number of anilines is 1. The Morgan fingerprint density at radius 3 is 2.73 bits per heavy atom. The molecule has 136 valence electrons. The lowest BCUT2D eigenvalue weighted by Crippen LogP contribution is -2.21. The van der Waals surface area contributed by atoms with Gasteiger partial charge in [0.1, 0.15) is 11.3 Å². The molecule has 1 aliphatic heterocycles. The molecule has 0 radical (unpaired) electrons. The lowest BCUT2D eigenvalue weighted by molar-refractivity contribution is -0.119. The fourth-order valence-electron chi connectivity index (χ4n) is 2.47. The molecule has 3 rings (SSSR count). The number of carbonyl (C=O) groups is 2. The lowest BCUT2D eigenvalue weighted by atomic mass is 10.1. The second-order valence-corrected chi connectivity index (χ2v) is 5.81. The van der Waals surface area contributed by atoms with Gasteiger partial charge in [0.2, 0.25) is 0 Å². The SMILES string of the molecule is Cc1cccc(C(=O)OCC(=O)Nc2ccc3c(c2)OCCCO3)c1O. The molecule has 0 aliphatic carbocycles. The van der Waals surface area contributed by atoms with E-state index in [0.717, 1.165) is 6.42 Å². The van der Waals surface area contributed by atoms with E-state index in [4.69, 9.17) is 14.2 Å². The van der Waals surface area contributed by atoms with Crippen molar-refractivity contribution in [2.45, 2.75) is 13.3 Å². The molecule has 0 aromatic heterocycles. The molecule has 0 unspecified atom stereocenters. The fraction of sp³-hybridized carbons (Fsp3) is 0.263. The van der Waals surface area contributed by atoms with Crippen LogP contribution in [0, 0.1) is 6.92 Å². The number of fused-ring (bicyclic) bond motifs is 1. The van der Waals surface area contributed by atoms with Crippen LogP contribution in [0.3, 0.4) is 0 Å². The Kier molecular flexibility index (Phi) is 5.26. The van der Waals surface area contributed by atoms with Crippen LogP contribution in [-0.2, 0) is 9.53 Å². The Morgan fingerprint density at radius 2 is 1.92 bits per heavy atom. The Labute approximate surface area is 150 Å². The van der Waals surface area contributed by atoms with Gasteiger partial charge in [-0.3, -0.25) is 4.79 Å². The normalized spacial score (nSPS) is 12.8. The van der Waals surface area contributed by atoms with E-state index in [-0.39, 0.29) is 11.3 Å². The van der Waals surface area contributed by atoms with Gasteiger partial charge in [-0.05, 0) is 30.7 Å². The van der Waals surface area contributed by atoms with Gasteiger partial charge in [0.25, 0.3) is 5.91 Å². The molecule has 7 heteroatoms. The van der Waals surface area contributed by atoms with E-state index in [1.165, 1.54) is 6.07 Å². The van der Waals surface area contributed by atoms with Gasteiger partial charge in [-0.25, -0.2) is 4.79 Å². The molecule has 0 spiro atoms. The van der Waals surface area contributed by atoms with E-state index in [2.05, 4.69) is 5.32 Å². The summed E-state index contributed by atoms with van der Waals surface area (Å²) in [6.07, 6.45) is 0.790. The fourth-order valence-corrected chi connectivity index (χ4v) is 2.47. The zero-order chi connectivity index (χ0) is 18.5. The smallest absolute Gasteiger partial charge is 0.342 e. The molecular weight excluding hydrogens is 338 g/mol. The summed E-state index contributed by atoms with van der Waals surface area (Å²) in [5, 5.41) is 12.5. The highest BCUT2D eigenvalue weighted by molar-refractivity contribution is 5.97. The molecule has 1 aliphatic rings. The number of ether oxygens (including phenoxy) is 3. The van der Waals surface area contributed by atoms with Crippen molar-refractivity contribution in [2.24, 2.45) is 0 Å². The van der Waals surface area contributed by atoms with Gasteiger partial charge in [0.15, 0.2) is 18.1 Å². The quantitative estimate of drug-likeness (QED) is 0.817. The minimum absolute atomic E-state index is 0.0216. The summed E-state index contributed by atoms with van der Waals surface area (Å²) in [7, 11) is 0. The van der Waals surface area contributed by atoms with Crippen LogP contribution < -0.4 is 14.8 Å².